The first-order valence-electron chi connectivity index (χ1n) is 9.01. The van der Waals surface area contributed by atoms with Crippen LogP contribution in [0.25, 0.3) is 0 Å². The van der Waals surface area contributed by atoms with Crippen molar-refractivity contribution in [2.75, 3.05) is 19.6 Å². The van der Waals surface area contributed by atoms with E-state index in [9.17, 15) is 5.26 Å². The molecule has 0 aromatic rings. The van der Waals surface area contributed by atoms with Gasteiger partial charge in [0.1, 0.15) is 5.54 Å². The Labute approximate surface area is 131 Å². The summed E-state index contributed by atoms with van der Waals surface area (Å²) < 4.78 is 0. The fourth-order valence-electron chi connectivity index (χ4n) is 3.89. The molecule has 2 saturated carbocycles. The van der Waals surface area contributed by atoms with E-state index in [1.165, 1.54) is 45.2 Å². The molecule has 2 aliphatic rings. The lowest BCUT2D eigenvalue weighted by Gasteiger charge is -2.32. The van der Waals surface area contributed by atoms with Crippen LogP contribution in [0, 0.1) is 23.2 Å². The summed E-state index contributed by atoms with van der Waals surface area (Å²) in [4.78, 5) is 2.69. The Morgan fingerprint density at radius 3 is 2.67 bits per heavy atom. The fourth-order valence-corrected chi connectivity index (χ4v) is 3.89. The maximum atomic E-state index is 9.72. The van der Waals surface area contributed by atoms with Gasteiger partial charge >= 0.3 is 0 Å². The van der Waals surface area contributed by atoms with E-state index in [4.69, 9.17) is 0 Å². The molecule has 120 valence electrons. The number of nitrogens with one attached hydrogen (secondary N) is 1. The lowest BCUT2D eigenvalue weighted by Crippen LogP contribution is -2.48. The SMILES string of the molecule is CCCNC1(C#N)CCCC1CCN(CC(C)C)C1CC1. The average Bonchev–Trinajstić information content (AvgIpc) is 3.23. The minimum Gasteiger partial charge on any atom is -0.300 e. The predicted octanol–water partition coefficient (Wildman–Crippen LogP) is 3.56. The highest BCUT2D eigenvalue weighted by Crippen LogP contribution is 2.38. The van der Waals surface area contributed by atoms with Crippen LogP contribution in [0.3, 0.4) is 0 Å². The first-order chi connectivity index (χ1) is 10.1. The highest BCUT2D eigenvalue weighted by Gasteiger charge is 2.43. The van der Waals surface area contributed by atoms with Crippen LogP contribution in [0.2, 0.25) is 0 Å². The molecule has 0 amide bonds. The molecular weight excluding hydrogens is 258 g/mol. The smallest absolute Gasteiger partial charge is 0.109 e. The van der Waals surface area contributed by atoms with Crippen molar-refractivity contribution in [3.8, 4) is 6.07 Å². The van der Waals surface area contributed by atoms with Gasteiger partial charge < -0.3 is 4.90 Å². The van der Waals surface area contributed by atoms with E-state index < -0.39 is 0 Å². The van der Waals surface area contributed by atoms with Crippen LogP contribution in [-0.4, -0.2) is 36.1 Å². The molecule has 3 nitrogen and oxygen atoms in total. The Morgan fingerprint density at radius 2 is 2.10 bits per heavy atom. The number of nitrogens with zero attached hydrogens (tertiary/aromatic N) is 2. The average molecular weight is 291 g/mol. The van der Waals surface area contributed by atoms with Gasteiger partial charge in [0.15, 0.2) is 0 Å². The van der Waals surface area contributed by atoms with Gasteiger partial charge in [-0.1, -0.05) is 27.2 Å². The lowest BCUT2D eigenvalue weighted by molar-refractivity contribution is 0.198. The van der Waals surface area contributed by atoms with E-state index in [1.807, 2.05) is 0 Å². The molecule has 0 radical (unpaired) electrons. The molecule has 0 bridgehead atoms. The van der Waals surface area contributed by atoms with Crippen LogP contribution >= 0.6 is 0 Å². The second-order valence-corrected chi connectivity index (χ2v) is 7.51. The Hall–Kier alpha value is -0.590. The third kappa shape index (κ3) is 4.44. The van der Waals surface area contributed by atoms with Crippen LogP contribution in [0.5, 0.6) is 0 Å². The molecule has 3 heteroatoms. The van der Waals surface area contributed by atoms with Gasteiger partial charge in [0, 0.05) is 12.6 Å². The van der Waals surface area contributed by atoms with Gasteiger partial charge in [-0.15, -0.1) is 0 Å². The van der Waals surface area contributed by atoms with Gasteiger partial charge in [0.05, 0.1) is 6.07 Å². The van der Waals surface area contributed by atoms with Crippen LogP contribution in [0.15, 0.2) is 0 Å². The van der Waals surface area contributed by atoms with Gasteiger partial charge in [-0.2, -0.15) is 5.26 Å². The first kappa shape index (κ1) is 16.8. The number of nitriles is 1. The molecular formula is C18H33N3. The molecule has 2 aliphatic carbocycles. The molecule has 1 N–H and O–H groups in total. The largest absolute Gasteiger partial charge is 0.300 e. The second-order valence-electron chi connectivity index (χ2n) is 7.51. The Balaban J connectivity index is 1.89. The van der Waals surface area contributed by atoms with Crippen molar-refractivity contribution in [3.63, 3.8) is 0 Å². The van der Waals surface area contributed by atoms with E-state index in [1.54, 1.807) is 0 Å². The van der Waals surface area contributed by atoms with Crippen molar-refractivity contribution in [1.29, 1.82) is 5.26 Å². The molecule has 0 spiro atoms. The molecule has 2 atom stereocenters. The Bertz CT molecular complexity index is 356. The quantitative estimate of drug-likeness (QED) is 0.706. The summed E-state index contributed by atoms with van der Waals surface area (Å²) in [5.41, 5.74) is -0.233. The maximum absolute atomic E-state index is 9.72. The summed E-state index contributed by atoms with van der Waals surface area (Å²) >= 11 is 0. The Morgan fingerprint density at radius 1 is 1.33 bits per heavy atom. The van der Waals surface area contributed by atoms with Crippen LogP contribution < -0.4 is 5.32 Å². The van der Waals surface area contributed by atoms with Crippen molar-refractivity contribution in [2.24, 2.45) is 11.8 Å². The maximum Gasteiger partial charge on any atom is 0.109 e. The van der Waals surface area contributed by atoms with Gasteiger partial charge in [-0.05, 0) is 63.5 Å². The highest BCUT2D eigenvalue weighted by molar-refractivity contribution is 5.14. The minimum absolute atomic E-state index is 0.233. The van der Waals surface area contributed by atoms with E-state index in [0.717, 1.165) is 31.3 Å². The fraction of sp³-hybridized carbons (Fsp3) is 0.944. The van der Waals surface area contributed by atoms with Crippen molar-refractivity contribution in [2.45, 2.75) is 77.3 Å². The molecule has 2 rings (SSSR count). The van der Waals surface area contributed by atoms with Gasteiger partial charge in [-0.3, -0.25) is 5.32 Å². The normalized spacial score (nSPS) is 29.2. The zero-order chi connectivity index (χ0) is 15.3. The van der Waals surface area contributed by atoms with Crippen LogP contribution in [0.4, 0.5) is 0 Å². The molecule has 0 aliphatic heterocycles. The molecule has 0 heterocycles. The van der Waals surface area contributed by atoms with E-state index in [0.29, 0.717) is 5.92 Å². The van der Waals surface area contributed by atoms with E-state index in [-0.39, 0.29) is 5.54 Å². The monoisotopic (exact) mass is 291 g/mol. The van der Waals surface area contributed by atoms with Gasteiger partial charge in [0.25, 0.3) is 0 Å². The predicted molar refractivity (Wildman–Crippen MR) is 88.0 cm³/mol. The zero-order valence-corrected chi connectivity index (χ0v) is 14.2. The standard InChI is InChI=1S/C18H33N3/c1-4-11-20-18(14-19)10-5-6-16(18)9-12-21(13-15(2)3)17-7-8-17/h15-17,20H,4-13H2,1-3H3. The second kappa shape index (κ2) is 7.61. The van der Waals surface area contributed by atoms with Crippen molar-refractivity contribution in [1.82, 2.24) is 10.2 Å². The lowest BCUT2D eigenvalue weighted by atomic mass is 9.85. The Kier molecular flexibility index (Phi) is 6.08. The highest BCUT2D eigenvalue weighted by atomic mass is 15.2. The van der Waals surface area contributed by atoms with Gasteiger partial charge in [-0.25, -0.2) is 0 Å². The number of rotatable bonds is 9. The molecule has 0 aromatic carbocycles. The summed E-state index contributed by atoms with van der Waals surface area (Å²) in [6, 6.07) is 3.48. The molecule has 21 heavy (non-hydrogen) atoms. The van der Waals surface area contributed by atoms with E-state index >= 15 is 0 Å². The molecule has 0 aromatic heterocycles. The molecule has 0 saturated heterocycles. The van der Waals surface area contributed by atoms with Gasteiger partial charge in [0.2, 0.25) is 0 Å². The molecule has 2 fully saturated rings. The summed E-state index contributed by atoms with van der Waals surface area (Å²) in [6.07, 6.45) is 8.55. The van der Waals surface area contributed by atoms with Crippen molar-refractivity contribution >= 4 is 0 Å². The van der Waals surface area contributed by atoms with E-state index in [2.05, 4.69) is 37.1 Å². The van der Waals surface area contributed by atoms with Crippen LogP contribution in [-0.2, 0) is 0 Å². The summed E-state index contributed by atoms with van der Waals surface area (Å²) in [5.74, 6) is 1.29. The number of hydrogen-bond acceptors (Lipinski definition) is 3. The summed E-state index contributed by atoms with van der Waals surface area (Å²) in [6.45, 7) is 10.2. The molecule has 2 unspecified atom stereocenters. The topological polar surface area (TPSA) is 39.1 Å². The van der Waals surface area contributed by atoms with Crippen LogP contribution in [0.1, 0.15) is 65.7 Å². The summed E-state index contributed by atoms with van der Waals surface area (Å²) in [7, 11) is 0. The number of hydrogen-bond donors (Lipinski definition) is 1. The summed E-state index contributed by atoms with van der Waals surface area (Å²) in [5, 5.41) is 13.3. The third-order valence-electron chi connectivity index (χ3n) is 5.14. The van der Waals surface area contributed by atoms with Crippen molar-refractivity contribution < 1.29 is 0 Å². The third-order valence-corrected chi connectivity index (χ3v) is 5.14. The first-order valence-corrected chi connectivity index (χ1v) is 9.01. The zero-order valence-electron chi connectivity index (χ0n) is 14.2. The minimum atomic E-state index is -0.233. The van der Waals surface area contributed by atoms with Crippen molar-refractivity contribution in [3.05, 3.63) is 0 Å².